The van der Waals surface area contributed by atoms with Gasteiger partial charge in [-0.1, -0.05) is 12.2 Å². The first-order valence-corrected chi connectivity index (χ1v) is 5.90. The van der Waals surface area contributed by atoms with Gasteiger partial charge < -0.3 is 16.0 Å². The van der Waals surface area contributed by atoms with Gasteiger partial charge >= 0.3 is 0 Å². The predicted molar refractivity (Wildman–Crippen MR) is 68.2 cm³/mol. The maximum atomic E-state index is 11.8. The van der Waals surface area contributed by atoms with Crippen LogP contribution in [0.4, 0.5) is 0 Å². The largest absolute Gasteiger partial charge is 0.343 e. The standard InChI is InChI=1S/C12H25N3O/c1-5-15(6-2)12(16)7-11(8-13)14-9-10(3)4/h11,14H,3,5-9,13H2,1-2,4H3. The van der Waals surface area contributed by atoms with Gasteiger partial charge in [-0.05, 0) is 20.8 Å². The Kier molecular flexibility index (Phi) is 7.85. The van der Waals surface area contributed by atoms with E-state index in [1.807, 2.05) is 25.7 Å². The summed E-state index contributed by atoms with van der Waals surface area (Å²) in [5.74, 6) is 0.162. The van der Waals surface area contributed by atoms with Gasteiger partial charge in [0.2, 0.25) is 5.91 Å². The summed E-state index contributed by atoms with van der Waals surface area (Å²) in [4.78, 5) is 13.7. The molecule has 0 radical (unpaired) electrons. The van der Waals surface area contributed by atoms with Gasteiger partial charge in [0.15, 0.2) is 0 Å². The number of hydrogen-bond donors (Lipinski definition) is 2. The second-order valence-corrected chi connectivity index (χ2v) is 4.04. The zero-order valence-corrected chi connectivity index (χ0v) is 10.8. The summed E-state index contributed by atoms with van der Waals surface area (Å²) in [6.45, 7) is 12.4. The second-order valence-electron chi connectivity index (χ2n) is 4.04. The lowest BCUT2D eigenvalue weighted by Crippen LogP contribution is -2.42. The smallest absolute Gasteiger partial charge is 0.224 e. The normalized spacial score (nSPS) is 12.2. The molecule has 16 heavy (non-hydrogen) atoms. The minimum atomic E-state index is 0.0461. The number of carbonyl (C=O) groups is 1. The van der Waals surface area contributed by atoms with E-state index in [9.17, 15) is 4.79 Å². The minimum absolute atomic E-state index is 0.0461. The lowest BCUT2D eigenvalue weighted by Gasteiger charge is -2.22. The first-order chi connectivity index (χ1) is 7.54. The van der Waals surface area contributed by atoms with E-state index >= 15 is 0 Å². The average molecular weight is 227 g/mol. The van der Waals surface area contributed by atoms with Gasteiger partial charge in [-0.25, -0.2) is 0 Å². The molecule has 0 spiro atoms. The van der Waals surface area contributed by atoms with E-state index in [2.05, 4.69) is 11.9 Å². The number of nitrogens with one attached hydrogen (secondary N) is 1. The third-order valence-corrected chi connectivity index (χ3v) is 2.51. The molecule has 0 aromatic rings. The molecular weight excluding hydrogens is 202 g/mol. The first-order valence-electron chi connectivity index (χ1n) is 5.90. The number of rotatable bonds is 8. The van der Waals surface area contributed by atoms with Crippen LogP contribution in [-0.2, 0) is 4.79 Å². The fourth-order valence-electron chi connectivity index (χ4n) is 1.47. The van der Waals surface area contributed by atoms with Crippen LogP contribution in [0.25, 0.3) is 0 Å². The Hall–Kier alpha value is -0.870. The molecule has 0 saturated carbocycles. The third kappa shape index (κ3) is 5.88. The molecule has 0 aliphatic carbocycles. The SMILES string of the molecule is C=C(C)CNC(CN)CC(=O)N(CC)CC. The van der Waals surface area contributed by atoms with E-state index < -0.39 is 0 Å². The molecule has 1 amide bonds. The summed E-state index contributed by atoms with van der Waals surface area (Å²) in [6.07, 6.45) is 0.464. The monoisotopic (exact) mass is 227 g/mol. The van der Waals surface area contributed by atoms with E-state index in [1.165, 1.54) is 0 Å². The molecule has 0 saturated heterocycles. The molecule has 0 heterocycles. The number of hydrogen-bond acceptors (Lipinski definition) is 3. The van der Waals surface area contributed by atoms with Crippen molar-refractivity contribution in [3.63, 3.8) is 0 Å². The van der Waals surface area contributed by atoms with Crippen molar-refractivity contribution in [3.05, 3.63) is 12.2 Å². The van der Waals surface area contributed by atoms with Crippen molar-refractivity contribution in [2.75, 3.05) is 26.2 Å². The summed E-state index contributed by atoms with van der Waals surface area (Å²) in [5, 5.41) is 3.23. The number of nitrogens with zero attached hydrogens (tertiary/aromatic N) is 1. The Morgan fingerprint density at radius 2 is 2.00 bits per heavy atom. The van der Waals surface area contributed by atoms with Crippen molar-refractivity contribution in [1.82, 2.24) is 10.2 Å². The molecule has 1 atom stereocenters. The van der Waals surface area contributed by atoms with Gasteiger partial charge in [-0.3, -0.25) is 4.79 Å². The predicted octanol–water partition coefficient (Wildman–Crippen LogP) is 0.738. The highest BCUT2D eigenvalue weighted by Crippen LogP contribution is 1.99. The Morgan fingerprint density at radius 3 is 2.38 bits per heavy atom. The molecule has 0 rings (SSSR count). The lowest BCUT2D eigenvalue weighted by atomic mass is 10.1. The Morgan fingerprint density at radius 1 is 1.44 bits per heavy atom. The number of carbonyl (C=O) groups excluding carboxylic acids is 1. The van der Waals surface area contributed by atoms with Gasteiger partial charge in [0.1, 0.15) is 0 Å². The van der Waals surface area contributed by atoms with Crippen molar-refractivity contribution in [3.8, 4) is 0 Å². The summed E-state index contributed by atoms with van der Waals surface area (Å²) < 4.78 is 0. The molecule has 94 valence electrons. The highest BCUT2D eigenvalue weighted by Gasteiger charge is 2.15. The van der Waals surface area contributed by atoms with Crippen molar-refractivity contribution < 1.29 is 4.79 Å². The lowest BCUT2D eigenvalue weighted by molar-refractivity contribution is -0.131. The van der Waals surface area contributed by atoms with Crippen molar-refractivity contribution in [2.45, 2.75) is 33.2 Å². The van der Waals surface area contributed by atoms with Crippen LogP contribution in [0.1, 0.15) is 27.2 Å². The Bertz CT molecular complexity index is 224. The minimum Gasteiger partial charge on any atom is -0.343 e. The summed E-state index contributed by atoms with van der Waals surface area (Å²) >= 11 is 0. The molecule has 3 N–H and O–H groups in total. The Balaban J connectivity index is 4.09. The third-order valence-electron chi connectivity index (χ3n) is 2.51. The second kappa shape index (κ2) is 8.30. The molecule has 0 aliphatic rings. The van der Waals surface area contributed by atoms with Crippen LogP contribution in [-0.4, -0.2) is 43.0 Å². The fourth-order valence-corrected chi connectivity index (χ4v) is 1.47. The van der Waals surface area contributed by atoms with E-state index in [0.29, 0.717) is 19.5 Å². The molecule has 4 nitrogen and oxygen atoms in total. The summed E-state index contributed by atoms with van der Waals surface area (Å²) in [7, 11) is 0. The Labute approximate surface area is 98.9 Å². The molecule has 4 heteroatoms. The maximum absolute atomic E-state index is 11.8. The van der Waals surface area contributed by atoms with Crippen molar-refractivity contribution in [2.24, 2.45) is 5.73 Å². The topological polar surface area (TPSA) is 58.4 Å². The number of nitrogens with two attached hydrogens (primary N) is 1. The number of amides is 1. The molecule has 1 unspecified atom stereocenters. The van der Waals surface area contributed by atoms with Crippen LogP contribution in [0.3, 0.4) is 0 Å². The highest BCUT2D eigenvalue weighted by atomic mass is 16.2. The van der Waals surface area contributed by atoms with Crippen LogP contribution in [0.5, 0.6) is 0 Å². The van der Waals surface area contributed by atoms with Gasteiger partial charge in [-0.2, -0.15) is 0 Å². The zero-order valence-electron chi connectivity index (χ0n) is 10.8. The van der Waals surface area contributed by atoms with Crippen LogP contribution in [0.2, 0.25) is 0 Å². The average Bonchev–Trinajstić information content (AvgIpc) is 2.25. The maximum Gasteiger partial charge on any atom is 0.224 e. The van der Waals surface area contributed by atoms with Crippen molar-refractivity contribution >= 4 is 5.91 Å². The fraction of sp³-hybridized carbons (Fsp3) is 0.750. The van der Waals surface area contributed by atoms with Gasteiger partial charge in [0, 0.05) is 38.6 Å². The van der Waals surface area contributed by atoms with Gasteiger partial charge in [0.05, 0.1) is 0 Å². The summed E-state index contributed by atoms with van der Waals surface area (Å²) in [5.41, 5.74) is 6.68. The van der Waals surface area contributed by atoms with Gasteiger partial charge in [0.25, 0.3) is 0 Å². The molecule has 0 bridgehead atoms. The van der Waals surface area contributed by atoms with Crippen LogP contribution in [0.15, 0.2) is 12.2 Å². The highest BCUT2D eigenvalue weighted by molar-refractivity contribution is 5.76. The van der Waals surface area contributed by atoms with E-state index in [0.717, 1.165) is 18.7 Å². The zero-order chi connectivity index (χ0) is 12.6. The molecule has 0 aromatic carbocycles. The molecule has 0 aliphatic heterocycles. The molecule has 0 fully saturated rings. The van der Waals surface area contributed by atoms with Crippen molar-refractivity contribution in [1.29, 1.82) is 0 Å². The first kappa shape index (κ1) is 15.1. The molecule has 0 aromatic heterocycles. The molecular formula is C12H25N3O. The van der Waals surface area contributed by atoms with Crippen LogP contribution < -0.4 is 11.1 Å². The van der Waals surface area contributed by atoms with Crippen LogP contribution in [0, 0.1) is 0 Å². The quantitative estimate of drug-likeness (QED) is 0.601. The van der Waals surface area contributed by atoms with E-state index in [4.69, 9.17) is 5.73 Å². The van der Waals surface area contributed by atoms with E-state index in [-0.39, 0.29) is 11.9 Å². The van der Waals surface area contributed by atoms with Gasteiger partial charge in [-0.15, -0.1) is 0 Å². The summed E-state index contributed by atoms with van der Waals surface area (Å²) in [6, 6.07) is 0.0461. The van der Waals surface area contributed by atoms with E-state index in [1.54, 1.807) is 0 Å². The van der Waals surface area contributed by atoms with Crippen LogP contribution >= 0.6 is 0 Å².